The van der Waals surface area contributed by atoms with Gasteiger partial charge in [0.25, 0.3) is 0 Å². The molecular weight excluding hydrogens is 254 g/mol. The summed E-state index contributed by atoms with van der Waals surface area (Å²) in [5.41, 5.74) is 3.67. The van der Waals surface area contributed by atoms with Crippen LogP contribution in [0.5, 0.6) is 0 Å². The maximum absolute atomic E-state index is 9.23. The number of aliphatic hydroxyl groups is 1. The summed E-state index contributed by atoms with van der Waals surface area (Å²) in [5.74, 6) is 8.52. The second-order valence-corrected chi connectivity index (χ2v) is 5.44. The molecule has 1 fully saturated rings. The molecule has 0 saturated carbocycles. The molecule has 0 spiro atoms. The molecule has 0 bridgehead atoms. The molecule has 0 aromatic carbocycles. The van der Waals surface area contributed by atoms with Crippen LogP contribution in [0.1, 0.15) is 37.6 Å². The minimum atomic E-state index is 0.285. The van der Waals surface area contributed by atoms with Crippen molar-refractivity contribution in [2.75, 3.05) is 30.0 Å². The average molecular weight is 279 g/mol. The number of piperidine rings is 1. The van der Waals surface area contributed by atoms with Crippen molar-refractivity contribution in [1.29, 1.82) is 0 Å². The Bertz CT molecular complexity index is 443. The maximum Gasteiger partial charge on any atom is 0.148 e. The first-order chi connectivity index (χ1) is 9.69. The summed E-state index contributed by atoms with van der Waals surface area (Å²) < 4.78 is 0. The molecule has 0 unspecified atom stereocenters. The van der Waals surface area contributed by atoms with E-state index in [4.69, 9.17) is 10.8 Å². The van der Waals surface area contributed by atoms with Gasteiger partial charge in [0.1, 0.15) is 17.5 Å². The van der Waals surface area contributed by atoms with Crippen molar-refractivity contribution in [2.45, 2.75) is 39.5 Å². The highest BCUT2D eigenvalue weighted by Gasteiger charge is 2.22. The molecule has 0 radical (unpaired) electrons. The van der Waals surface area contributed by atoms with E-state index in [2.05, 4.69) is 22.2 Å². The molecule has 6 heteroatoms. The van der Waals surface area contributed by atoms with Gasteiger partial charge in [-0.15, -0.1) is 0 Å². The van der Waals surface area contributed by atoms with Crippen LogP contribution in [0.3, 0.4) is 0 Å². The van der Waals surface area contributed by atoms with E-state index in [1.165, 1.54) is 0 Å². The molecule has 6 nitrogen and oxygen atoms in total. The van der Waals surface area contributed by atoms with Crippen LogP contribution in [0, 0.1) is 12.8 Å². The van der Waals surface area contributed by atoms with E-state index in [-0.39, 0.29) is 6.61 Å². The monoisotopic (exact) mass is 279 g/mol. The van der Waals surface area contributed by atoms with Crippen LogP contribution >= 0.6 is 0 Å². The molecule has 0 amide bonds. The molecule has 2 rings (SSSR count). The quantitative estimate of drug-likeness (QED) is 0.555. The maximum atomic E-state index is 9.23. The number of nitrogens with two attached hydrogens (primary N) is 1. The summed E-state index contributed by atoms with van der Waals surface area (Å²) in [6, 6.07) is 0. The third-order valence-corrected chi connectivity index (χ3v) is 3.95. The summed E-state index contributed by atoms with van der Waals surface area (Å²) >= 11 is 0. The summed E-state index contributed by atoms with van der Waals surface area (Å²) in [6.45, 7) is 6.26. The Morgan fingerprint density at radius 2 is 2.05 bits per heavy atom. The van der Waals surface area contributed by atoms with Crippen LogP contribution < -0.4 is 16.2 Å². The number of aromatic nitrogens is 2. The smallest absolute Gasteiger partial charge is 0.148 e. The van der Waals surface area contributed by atoms with Gasteiger partial charge in [-0.05, 0) is 32.1 Å². The van der Waals surface area contributed by atoms with Crippen LogP contribution in [0.2, 0.25) is 0 Å². The van der Waals surface area contributed by atoms with E-state index in [1.54, 1.807) is 0 Å². The Morgan fingerprint density at radius 3 is 2.60 bits per heavy atom. The number of nitrogens with one attached hydrogen (secondary N) is 1. The molecule has 20 heavy (non-hydrogen) atoms. The Hall–Kier alpha value is -1.40. The summed E-state index contributed by atoms with van der Waals surface area (Å²) in [6.07, 6.45) is 3.89. The second-order valence-electron chi connectivity index (χ2n) is 5.44. The molecule has 112 valence electrons. The largest absolute Gasteiger partial charge is 0.396 e. The zero-order chi connectivity index (χ0) is 14.5. The number of hydrogen-bond donors (Lipinski definition) is 3. The van der Waals surface area contributed by atoms with Crippen molar-refractivity contribution in [3.8, 4) is 0 Å². The van der Waals surface area contributed by atoms with Gasteiger partial charge in [-0.1, -0.05) is 6.92 Å². The molecule has 1 aliphatic heterocycles. The first-order valence-corrected chi connectivity index (χ1v) is 7.39. The van der Waals surface area contributed by atoms with Gasteiger partial charge in [0.15, 0.2) is 0 Å². The van der Waals surface area contributed by atoms with Crippen molar-refractivity contribution < 1.29 is 5.11 Å². The lowest BCUT2D eigenvalue weighted by Crippen LogP contribution is -2.36. The summed E-state index contributed by atoms with van der Waals surface area (Å²) in [5, 5.41) is 9.23. The predicted molar refractivity (Wildman–Crippen MR) is 80.6 cm³/mol. The van der Waals surface area contributed by atoms with Gasteiger partial charge in [-0.2, -0.15) is 0 Å². The topological polar surface area (TPSA) is 87.3 Å². The highest BCUT2D eigenvalue weighted by atomic mass is 16.3. The summed E-state index contributed by atoms with van der Waals surface area (Å²) in [4.78, 5) is 11.4. The highest BCUT2D eigenvalue weighted by molar-refractivity contribution is 5.58. The third kappa shape index (κ3) is 3.19. The van der Waals surface area contributed by atoms with Crippen LogP contribution in [0.4, 0.5) is 11.6 Å². The number of anilines is 2. The fraction of sp³-hybridized carbons (Fsp3) is 0.714. The predicted octanol–water partition coefficient (Wildman–Crippen LogP) is 1.23. The van der Waals surface area contributed by atoms with Crippen molar-refractivity contribution in [3.63, 3.8) is 0 Å². The van der Waals surface area contributed by atoms with Crippen LogP contribution in [-0.4, -0.2) is 34.8 Å². The fourth-order valence-electron chi connectivity index (χ4n) is 2.66. The molecule has 0 atom stereocenters. The molecule has 0 aliphatic carbocycles. The number of hydrazine groups is 1. The Labute approximate surface area is 120 Å². The van der Waals surface area contributed by atoms with Gasteiger partial charge in [0.05, 0.1) is 0 Å². The third-order valence-electron chi connectivity index (χ3n) is 3.95. The van der Waals surface area contributed by atoms with Crippen LogP contribution in [0.15, 0.2) is 0 Å². The zero-order valence-electron chi connectivity index (χ0n) is 12.4. The van der Waals surface area contributed by atoms with Crippen molar-refractivity contribution in [2.24, 2.45) is 11.8 Å². The number of aliphatic hydroxyl groups excluding tert-OH is 1. The van der Waals surface area contributed by atoms with Crippen molar-refractivity contribution in [1.82, 2.24) is 9.97 Å². The first-order valence-electron chi connectivity index (χ1n) is 7.39. The van der Waals surface area contributed by atoms with Gasteiger partial charge in [0.2, 0.25) is 0 Å². The Kier molecular flexibility index (Phi) is 5.14. The Balaban J connectivity index is 2.23. The highest BCUT2D eigenvalue weighted by Crippen LogP contribution is 2.27. The van der Waals surface area contributed by atoms with Gasteiger partial charge < -0.3 is 15.4 Å². The van der Waals surface area contributed by atoms with Gasteiger partial charge in [-0.25, -0.2) is 15.8 Å². The zero-order valence-corrected chi connectivity index (χ0v) is 12.4. The van der Waals surface area contributed by atoms with Gasteiger partial charge in [-0.3, -0.25) is 0 Å². The van der Waals surface area contributed by atoms with E-state index in [0.29, 0.717) is 11.7 Å². The van der Waals surface area contributed by atoms with Gasteiger partial charge >= 0.3 is 0 Å². The fourth-order valence-corrected chi connectivity index (χ4v) is 2.66. The molecule has 1 saturated heterocycles. The number of rotatable bonds is 5. The molecule has 1 aromatic rings. The van der Waals surface area contributed by atoms with E-state index in [0.717, 1.165) is 56.0 Å². The van der Waals surface area contributed by atoms with E-state index in [1.807, 2.05) is 6.92 Å². The SMILES string of the molecule is CCCc1nc(NN)c(C)c(N2CCC(CO)CC2)n1. The summed E-state index contributed by atoms with van der Waals surface area (Å²) in [7, 11) is 0. The van der Waals surface area contributed by atoms with Crippen molar-refractivity contribution in [3.05, 3.63) is 11.4 Å². The average Bonchev–Trinajstić information content (AvgIpc) is 2.49. The lowest BCUT2D eigenvalue weighted by molar-refractivity contribution is 0.202. The van der Waals surface area contributed by atoms with Crippen molar-refractivity contribution >= 4 is 11.6 Å². The van der Waals surface area contributed by atoms with E-state index >= 15 is 0 Å². The number of nitrogens with zero attached hydrogens (tertiary/aromatic N) is 3. The number of nitrogen functional groups attached to an aromatic ring is 1. The second kappa shape index (κ2) is 6.85. The lowest BCUT2D eigenvalue weighted by Gasteiger charge is -2.33. The van der Waals surface area contributed by atoms with E-state index in [9.17, 15) is 5.11 Å². The molecule has 2 heterocycles. The van der Waals surface area contributed by atoms with E-state index < -0.39 is 0 Å². The lowest BCUT2D eigenvalue weighted by atomic mass is 9.97. The van der Waals surface area contributed by atoms with Crippen LogP contribution in [-0.2, 0) is 6.42 Å². The van der Waals surface area contributed by atoms with Crippen LogP contribution in [0.25, 0.3) is 0 Å². The molecule has 1 aliphatic rings. The minimum absolute atomic E-state index is 0.285. The minimum Gasteiger partial charge on any atom is -0.396 e. The number of aryl methyl sites for hydroxylation is 1. The number of hydrogen-bond acceptors (Lipinski definition) is 6. The molecule has 1 aromatic heterocycles. The molecule has 4 N–H and O–H groups in total. The van der Waals surface area contributed by atoms with Gasteiger partial charge in [0, 0.05) is 31.7 Å². The normalized spacial score (nSPS) is 16.5. The standard InChI is InChI=1S/C14H25N5O/c1-3-4-12-16-13(18-15)10(2)14(17-12)19-7-5-11(9-20)6-8-19/h11,20H,3-9,15H2,1-2H3,(H,16,17,18). The Morgan fingerprint density at radius 1 is 1.35 bits per heavy atom. The first kappa shape index (κ1) is 15.0. The molecular formula is C14H25N5O.